The first-order chi connectivity index (χ1) is 4.93. The Hall–Kier alpha value is -1.49. The average molecular weight is 160 g/mol. The van der Waals surface area contributed by atoms with E-state index in [-0.39, 0.29) is 0 Å². The molecule has 0 unspecified atom stereocenters. The lowest BCUT2D eigenvalue weighted by atomic mass is 10.2. The van der Waals surface area contributed by atoms with E-state index in [0.717, 1.165) is 6.07 Å². The summed E-state index contributed by atoms with van der Waals surface area (Å²) in [5.74, 6) is 0. The van der Waals surface area contributed by atoms with Crippen LogP contribution in [0.5, 0.6) is 0 Å². The molecule has 0 aliphatic heterocycles. The van der Waals surface area contributed by atoms with E-state index in [1.165, 1.54) is 0 Å². The van der Waals surface area contributed by atoms with Gasteiger partial charge in [-0.05, 0) is 6.92 Å². The van der Waals surface area contributed by atoms with Crippen LogP contribution in [0.3, 0.4) is 0 Å². The molecule has 5 heteroatoms. The molecule has 0 bridgehead atoms. The minimum absolute atomic E-state index is 0.705. The number of hydrogen-bond acceptors (Lipinski definition) is 1. The Morgan fingerprint density at radius 3 is 2.09 bits per heavy atom. The van der Waals surface area contributed by atoms with E-state index in [2.05, 4.69) is 4.85 Å². The first-order valence-electron chi connectivity index (χ1n) is 2.49. The molecule has 0 rings (SSSR count). The van der Waals surface area contributed by atoms with Crippen molar-refractivity contribution in [2.24, 2.45) is 0 Å². The summed E-state index contributed by atoms with van der Waals surface area (Å²) in [6, 6.07) is 1.16. The molecule has 0 aromatic heterocycles. The third-order valence-electron chi connectivity index (χ3n) is 0.998. The van der Waals surface area contributed by atoms with Crippen LogP contribution >= 0.6 is 0 Å². The Morgan fingerprint density at radius 2 is 2.00 bits per heavy atom. The lowest BCUT2D eigenvalue weighted by molar-refractivity contribution is -0.0917. The van der Waals surface area contributed by atoms with E-state index < -0.39 is 17.4 Å². The Bertz CT molecular complexity index is 245. The highest BCUT2D eigenvalue weighted by atomic mass is 19.4. The van der Waals surface area contributed by atoms with E-state index in [1.54, 1.807) is 0 Å². The predicted molar refractivity (Wildman–Crippen MR) is 31.0 cm³/mol. The van der Waals surface area contributed by atoms with Crippen molar-refractivity contribution in [2.75, 3.05) is 0 Å². The van der Waals surface area contributed by atoms with Crippen molar-refractivity contribution in [1.82, 2.24) is 0 Å². The summed E-state index contributed by atoms with van der Waals surface area (Å²) >= 11 is 0. The summed E-state index contributed by atoms with van der Waals surface area (Å²) in [7, 11) is 0. The number of rotatable bonds is 0. The molecule has 0 atom stereocenters. The molecule has 0 radical (unpaired) electrons. The largest absolute Gasteiger partial charge is 0.404 e. The van der Waals surface area contributed by atoms with Crippen molar-refractivity contribution < 1.29 is 13.2 Å². The highest BCUT2D eigenvalue weighted by Crippen LogP contribution is 2.27. The lowest BCUT2D eigenvalue weighted by Gasteiger charge is -2.04. The van der Waals surface area contributed by atoms with Gasteiger partial charge in [-0.2, -0.15) is 13.2 Å². The fourth-order valence-electron chi connectivity index (χ4n) is 0.327. The van der Waals surface area contributed by atoms with Gasteiger partial charge in [0.05, 0.1) is 12.6 Å². The molecule has 0 N–H and O–H groups in total. The molecule has 0 spiro atoms. The van der Waals surface area contributed by atoms with Crippen molar-refractivity contribution in [2.45, 2.75) is 13.1 Å². The van der Waals surface area contributed by atoms with Crippen LogP contribution in [-0.2, 0) is 0 Å². The molecule has 0 aliphatic carbocycles. The zero-order valence-electron chi connectivity index (χ0n) is 5.53. The molecule has 2 nitrogen and oxygen atoms in total. The van der Waals surface area contributed by atoms with Gasteiger partial charge in [0.25, 0.3) is 5.70 Å². The first-order valence-corrected chi connectivity index (χ1v) is 2.49. The molecule has 0 saturated heterocycles. The van der Waals surface area contributed by atoms with E-state index in [0.29, 0.717) is 6.92 Å². The Balaban J connectivity index is 5.01. The molecule has 0 aromatic carbocycles. The van der Waals surface area contributed by atoms with Gasteiger partial charge in [-0.25, -0.2) is 10.1 Å². The third kappa shape index (κ3) is 2.30. The molecular formula is C6H3F3N2. The summed E-state index contributed by atoms with van der Waals surface area (Å²) in [6.45, 7) is 6.92. The third-order valence-corrected chi connectivity index (χ3v) is 0.998. The monoisotopic (exact) mass is 160 g/mol. The molecule has 58 valence electrons. The number of halogens is 3. The van der Waals surface area contributed by atoms with Gasteiger partial charge in [0.15, 0.2) is 0 Å². The standard InChI is InChI=1S/C6H3F3N2/c1-4(6(7,8)9)5(3-10)11-2/h1H3/b5-4+. The van der Waals surface area contributed by atoms with E-state index in [4.69, 9.17) is 11.8 Å². The van der Waals surface area contributed by atoms with Gasteiger partial charge in [-0.15, -0.1) is 0 Å². The number of alkyl halides is 3. The second-order valence-corrected chi connectivity index (χ2v) is 1.69. The number of nitrogens with zero attached hydrogens (tertiary/aromatic N) is 2. The van der Waals surface area contributed by atoms with Gasteiger partial charge < -0.3 is 0 Å². The van der Waals surface area contributed by atoms with Crippen molar-refractivity contribution >= 4 is 0 Å². The van der Waals surface area contributed by atoms with E-state index in [1.807, 2.05) is 0 Å². The summed E-state index contributed by atoms with van der Waals surface area (Å²) in [4.78, 5) is 2.42. The minimum atomic E-state index is -4.57. The maximum Gasteiger partial charge on any atom is 0.404 e. The van der Waals surface area contributed by atoms with Gasteiger partial charge in [0.1, 0.15) is 0 Å². The number of nitriles is 1. The average Bonchev–Trinajstić information content (AvgIpc) is 1.88. The fraction of sp³-hybridized carbons (Fsp3) is 0.333. The van der Waals surface area contributed by atoms with Crippen LogP contribution in [0.15, 0.2) is 11.3 Å². The van der Waals surface area contributed by atoms with Crippen molar-refractivity contribution in [1.29, 1.82) is 5.26 Å². The Morgan fingerprint density at radius 1 is 1.55 bits per heavy atom. The van der Waals surface area contributed by atoms with Crippen LogP contribution in [0.4, 0.5) is 13.2 Å². The van der Waals surface area contributed by atoms with Crippen molar-refractivity contribution in [3.8, 4) is 6.07 Å². The summed E-state index contributed by atoms with van der Waals surface area (Å²) in [6.07, 6.45) is -4.57. The second-order valence-electron chi connectivity index (χ2n) is 1.69. The SMILES string of the molecule is [C-]#[N+]/C(C#N)=C(\C)C(F)(F)F. The van der Waals surface area contributed by atoms with Crippen LogP contribution < -0.4 is 0 Å². The van der Waals surface area contributed by atoms with Gasteiger partial charge in [-0.1, -0.05) is 0 Å². The predicted octanol–water partition coefficient (Wildman–Crippen LogP) is 2.27. The minimum Gasteiger partial charge on any atom is -0.226 e. The maximum absolute atomic E-state index is 11.7. The fourth-order valence-corrected chi connectivity index (χ4v) is 0.327. The second kappa shape index (κ2) is 3.07. The molecule has 0 saturated carbocycles. The molecule has 11 heavy (non-hydrogen) atoms. The van der Waals surface area contributed by atoms with E-state index in [9.17, 15) is 13.2 Å². The Labute approximate surface area is 61.4 Å². The Kier molecular flexibility index (Phi) is 2.65. The number of allylic oxidation sites excluding steroid dienone is 2. The molecule has 0 aliphatic rings. The summed E-state index contributed by atoms with van der Waals surface area (Å²) in [5, 5.41) is 8.04. The highest BCUT2D eigenvalue weighted by Gasteiger charge is 2.32. The van der Waals surface area contributed by atoms with Crippen molar-refractivity contribution in [3.63, 3.8) is 0 Å². The topological polar surface area (TPSA) is 28.1 Å². The molecule has 0 heterocycles. The smallest absolute Gasteiger partial charge is 0.226 e. The van der Waals surface area contributed by atoms with Crippen molar-refractivity contribution in [3.05, 3.63) is 22.7 Å². The van der Waals surface area contributed by atoms with Crippen LogP contribution in [-0.4, -0.2) is 6.18 Å². The maximum atomic E-state index is 11.7. The van der Waals surface area contributed by atoms with Gasteiger partial charge in [0.2, 0.25) is 0 Å². The molecule has 0 fully saturated rings. The van der Waals surface area contributed by atoms with Gasteiger partial charge >= 0.3 is 6.18 Å². The van der Waals surface area contributed by atoms with Gasteiger partial charge in [0, 0.05) is 5.57 Å². The molecule has 0 amide bonds. The van der Waals surface area contributed by atoms with Crippen LogP contribution in [0.1, 0.15) is 6.92 Å². The van der Waals surface area contributed by atoms with E-state index >= 15 is 0 Å². The highest BCUT2D eigenvalue weighted by molar-refractivity contribution is 5.34. The summed E-state index contributed by atoms with van der Waals surface area (Å²) in [5.41, 5.74) is -2.05. The zero-order chi connectivity index (χ0) is 9.07. The molecule has 0 aromatic rings. The quantitative estimate of drug-likeness (QED) is 0.394. The van der Waals surface area contributed by atoms with Crippen LogP contribution in [0, 0.1) is 17.9 Å². The van der Waals surface area contributed by atoms with Gasteiger partial charge in [-0.3, -0.25) is 0 Å². The summed E-state index contributed by atoms with van der Waals surface area (Å²) < 4.78 is 35.2. The van der Waals surface area contributed by atoms with Crippen LogP contribution in [0.25, 0.3) is 4.85 Å². The lowest BCUT2D eigenvalue weighted by Crippen LogP contribution is -2.10. The normalized spacial score (nSPS) is 12.9. The van der Waals surface area contributed by atoms with Crippen LogP contribution in [0.2, 0.25) is 0 Å². The first kappa shape index (κ1) is 9.51. The zero-order valence-corrected chi connectivity index (χ0v) is 5.53. The number of hydrogen-bond donors (Lipinski definition) is 0. The molecular weight excluding hydrogens is 157 g/mol.